The van der Waals surface area contributed by atoms with Gasteiger partial charge in [0.05, 0.1) is 4.91 Å². The zero-order chi connectivity index (χ0) is 18.0. The minimum atomic E-state index is -0.260. The summed E-state index contributed by atoms with van der Waals surface area (Å²) in [6.45, 7) is 2.17. The Balaban J connectivity index is 1.76. The summed E-state index contributed by atoms with van der Waals surface area (Å²) in [4.78, 5) is 26.6. The summed E-state index contributed by atoms with van der Waals surface area (Å²) in [5.41, 5.74) is 1.11. The molecule has 2 N–H and O–H groups in total. The molecular formula is C19H23NO4S. The first-order chi connectivity index (χ1) is 12.0. The normalized spacial score (nSPS) is 21.2. The highest BCUT2D eigenvalue weighted by molar-refractivity contribution is 8.18. The number of phenols is 2. The summed E-state index contributed by atoms with van der Waals surface area (Å²) in [6, 6.07) is 3.07. The number of benzene rings is 1. The maximum atomic E-state index is 12.6. The molecule has 2 fully saturated rings. The first-order valence-electron chi connectivity index (χ1n) is 8.73. The Kier molecular flexibility index (Phi) is 5.37. The predicted octanol–water partition coefficient (Wildman–Crippen LogP) is 4.41. The first-order valence-corrected chi connectivity index (χ1v) is 9.55. The molecule has 0 radical (unpaired) electrons. The van der Waals surface area contributed by atoms with E-state index in [1.165, 1.54) is 36.6 Å². The molecule has 1 saturated carbocycles. The molecule has 1 aliphatic heterocycles. The molecule has 1 aromatic carbocycles. The third-order valence-corrected chi connectivity index (χ3v) is 5.80. The van der Waals surface area contributed by atoms with Crippen LogP contribution < -0.4 is 0 Å². The lowest BCUT2D eigenvalue weighted by Gasteiger charge is -2.20. The van der Waals surface area contributed by atoms with E-state index in [0.717, 1.165) is 24.6 Å². The van der Waals surface area contributed by atoms with Gasteiger partial charge in [-0.1, -0.05) is 25.7 Å². The number of imide groups is 1. The van der Waals surface area contributed by atoms with E-state index in [9.17, 15) is 19.8 Å². The molecule has 0 unspecified atom stereocenters. The zero-order valence-electron chi connectivity index (χ0n) is 14.3. The summed E-state index contributed by atoms with van der Waals surface area (Å²) in [7, 11) is 0. The predicted molar refractivity (Wildman–Crippen MR) is 98.4 cm³/mol. The molecule has 2 aliphatic rings. The van der Waals surface area contributed by atoms with Gasteiger partial charge in [0.15, 0.2) is 11.5 Å². The monoisotopic (exact) mass is 361 g/mol. The second-order valence-corrected chi connectivity index (χ2v) is 7.85. The minimum Gasteiger partial charge on any atom is -0.504 e. The topological polar surface area (TPSA) is 77.8 Å². The average molecular weight is 361 g/mol. The molecule has 1 saturated heterocycles. The molecule has 3 rings (SSSR count). The standard InChI is InChI=1S/C19H23NO4S/c1-12-8-14(9-15(21)17(12)22)10-16-18(23)20(19(24)25-16)11-13-6-4-2-3-5-7-13/h8-10,13,21-22H,2-7,11H2,1H3/b16-10-. The second kappa shape index (κ2) is 7.52. The SMILES string of the molecule is Cc1cc(/C=C2\SC(=O)N(CC3CCCCCC3)C2=O)cc(O)c1O. The van der Waals surface area contributed by atoms with Crippen LogP contribution >= 0.6 is 11.8 Å². The number of hydrogen-bond acceptors (Lipinski definition) is 5. The fourth-order valence-electron chi connectivity index (χ4n) is 3.49. The van der Waals surface area contributed by atoms with Crippen molar-refractivity contribution in [1.29, 1.82) is 0 Å². The number of aromatic hydroxyl groups is 2. The summed E-state index contributed by atoms with van der Waals surface area (Å²) in [5.74, 6) is -0.262. The van der Waals surface area contributed by atoms with E-state index in [-0.39, 0.29) is 22.6 Å². The maximum absolute atomic E-state index is 12.6. The fraction of sp³-hybridized carbons (Fsp3) is 0.474. The van der Waals surface area contributed by atoms with Crippen LogP contribution in [-0.4, -0.2) is 32.8 Å². The molecule has 2 amide bonds. The van der Waals surface area contributed by atoms with Crippen LogP contribution in [0, 0.1) is 12.8 Å². The molecule has 1 aromatic rings. The summed E-state index contributed by atoms with van der Waals surface area (Å²) in [5, 5.41) is 19.1. The Hall–Kier alpha value is -1.95. The Morgan fingerprint density at radius 2 is 1.84 bits per heavy atom. The Morgan fingerprint density at radius 3 is 2.48 bits per heavy atom. The van der Waals surface area contributed by atoms with Gasteiger partial charge < -0.3 is 10.2 Å². The van der Waals surface area contributed by atoms with Crippen molar-refractivity contribution in [1.82, 2.24) is 4.90 Å². The maximum Gasteiger partial charge on any atom is 0.293 e. The number of aryl methyl sites for hydroxylation is 1. The molecule has 0 spiro atoms. The third-order valence-electron chi connectivity index (χ3n) is 4.89. The van der Waals surface area contributed by atoms with Crippen molar-refractivity contribution in [2.45, 2.75) is 45.4 Å². The van der Waals surface area contributed by atoms with Gasteiger partial charge in [0.2, 0.25) is 0 Å². The van der Waals surface area contributed by atoms with E-state index in [0.29, 0.717) is 28.5 Å². The molecule has 25 heavy (non-hydrogen) atoms. The van der Waals surface area contributed by atoms with Gasteiger partial charge in [-0.3, -0.25) is 14.5 Å². The molecule has 1 aliphatic carbocycles. The smallest absolute Gasteiger partial charge is 0.293 e. The lowest BCUT2D eigenvalue weighted by molar-refractivity contribution is -0.123. The van der Waals surface area contributed by atoms with Crippen molar-refractivity contribution < 1.29 is 19.8 Å². The molecule has 0 bridgehead atoms. The Labute approximate surface area is 151 Å². The number of phenolic OH excluding ortho intramolecular Hbond substituents is 2. The van der Waals surface area contributed by atoms with Crippen LogP contribution in [0.15, 0.2) is 17.0 Å². The van der Waals surface area contributed by atoms with Gasteiger partial charge in [-0.05, 0) is 66.8 Å². The summed E-state index contributed by atoms with van der Waals surface area (Å²) >= 11 is 0.941. The van der Waals surface area contributed by atoms with E-state index in [1.54, 1.807) is 19.1 Å². The highest BCUT2D eigenvalue weighted by Gasteiger charge is 2.36. The average Bonchev–Trinajstić information content (AvgIpc) is 2.76. The number of carbonyl (C=O) groups is 2. The number of nitrogens with zero attached hydrogens (tertiary/aromatic N) is 1. The number of hydrogen-bond donors (Lipinski definition) is 2. The zero-order valence-corrected chi connectivity index (χ0v) is 15.1. The van der Waals surface area contributed by atoms with Gasteiger partial charge in [-0.2, -0.15) is 0 Å². The Morgan fingerprint density at radius 1 is 1.16 bits per heavy atom. The van der Waals surface area contributed by atoms with Gasteiger partial charge >= 0.3 is 0 Å². The van der Waals surface area contributed by atoms with Gasteiger partial charge in [-0.15, -0.1) is 0 Å². The van der Waals surface area contributed by atoms with Gasteiger partial charge in [0.25, 0.3) is 11.1 Å². The first kappa shape index (κ1) is 17.9. The lowest BCUT2D eigenvalue weighted by Crippen LogP contribution is -2.33. The van der Waals surface area contributed by atoms with Crippen molar-refractivity contribution in [2.75, 3.05) is 6.54 Å². The highest BCUT2D eigenvalue weighted by Crippen LogP contribution is 2.36. The third kappa shape index (κ3) is 4.00. The quantitative estimate of drug-likeness (QED) is 0.474. The summed E-state index contributed by atoms with van der Waals surface area (Å²) < 4.78 is 0. The van der Waals surface area contributed by atoms with Gasteiger partial charge in [0, 0.05) is 6.54 Å². The number of rotatable bonds is 3. The molecule has 0 atom stereocenters. The van der Waals surface area contributed by atoms with Crippen LogP contribution in [0.5, 0.6) is 11.5 Å². The molecule has 5 nitrogen and oxygen atoms in total. The highest BCUT2D eigenvalue weighted by atomic mass is 32.2. The van der Waals surface area contributed by atoms with E-state index in [2.05, 4.69) is 0 Å². The van der Waals surface area contributed by atoms with Crippen LogP contribution in [0.3, 0.4) is 0 Å². The van der Waals surface area contributed by atoms with Crippen molar-refractivity contribution >= 4 is 29.0 Å². The van der Waals surface area contributed by atoms with Crippen LogP contribution in [0.25, 0.3) is 6.08 Å². The van der Waals surface area contributed by atoms with Crippen LogP contribution in [0.4, 0.5) is 4.79 Å². The summed E-state index contributed by atoms with van der Waals surface area (Å²) in [6.07, 6.45) is 8.57. The number of thioether (sulfide) groups is 1. The second-order valence-electron chi connectivity index (χ2n) is 6.86. The molecule has 6 heteroatoms. The van der Waals surface area contributed by atoms with E-state index < -0.39 is 0 Å². The van der Waals surface area contributed by atoms with E-state index >= 15 is 0 Å². The lowest BCUT2D eigenvalue weighted by atomic mass is 10.00. The van der Waals surface area contributed by atoms with Crippen molar-refractivity contribution in [3.05, 3.63) is 28.2 Å². The molecular weight excluding hydrogens is 338 g/mol. The Bertz CT molecular complexity index is 697. The molecule has 1 heterocycles. The largest absolute Gasteiger partial charge is 0.504 e. The van der Waals surface area contributed by atoms with Crippen molar-refractivity contribution in [3.8, 4) is 11.5 Å². The van der Waals surface area contributed by atoms with Gasteiger partial charge in [0.1, 0.15) is 0 Å². The van der Waals surface area contributed by atoms with Crippen molar-refractivity contribution in [3.63, 3.8) is 0 Å². The molecule has 134 valence electrons. The number of amides is 2. The van der Waals surface area contributed by atoms with Gasteiger partial charge in [-0.25, -0.2) is 0 Å². The van der Waals surface area contributed by atoms with Crippen molar-refractivity contribution in [2.24, 2.45) is 5.92 Å². The fourth-order valence-corrected chi connectivity index (χ4v) is 4.33. The number of carbonyl (C=O) groups excluding carboxylic acids is 2. The van der Waals surface area contributed by atoms with Crippen LogP contribution in [0.2, 0.25) is 0 Å². The van der Waals surface area contributed by atoms with E-state index in [1.807, 2.05) is 0 Å². The van der Waals surface area contributed by atoms with Crippen LogP contribution in [0.1, 0.15) is 49.7 Å². The minimum absolute atomic E-state index is 0.168. The molecule has 0 aromatic heterocycles. The van der Waals surface area contributed by atoms with E-state index in [4.69, 9.17) is 0 Å². The van der Waals surface area contributed by atoms with Crippen LogP contribution in [-0.2, 0) is 4.79 Å².